The summed E-state index contributed by atoms with van der Waals surface area (Å²) in [5.74, 6) is -0.303. The molecule has 1 aromatic rings. The minimum Gasteiger partial charge on any atom is -0.369 e. The second-order valence-electron chi connectivity index (χ2n) is 5.21. The second kappa shape index (κ2) is 6.37. The Morgan fingerprint density at radius 1 is 1.20 bits per heavy atom. The Hall–Kier alpha value is -2.10. The molecule has 1 fully saturated rings. The van der Waals surface area contributed by atoms with E-state index in [1.54, 1.807) is 4.90 Å². The molecule has 2 amide bonds. The molecule has 1 saturated heterocycles. The minimum absolute atomic E-state index is 0.0387. The van der Waals surface area contributed by atoms with Crippen LogP contribution in [-0.4, -0.2) is 29.8 Å². The third kappa shape index (κ3) is 3.47. The molecule has 1 aromatic carbocycles. The Balaban J connectivity index is 1.98. The monoisotopic (exact) mass is 272 g/mol. The zero-order valence-electron chi connectivity index (χ0n) is 11.7. The van der Waals surface area contributed by atoms with E-state index in [1.165, 1.54) is 0 Å². The fourth-order valence-corrected chi connectivity index (χ4v) is 2.48. The summed E-state index contributed by atoms with van der Waals surface area (Å²) in [6.07, 6.45) is 3.22. The topological polar surface area (TPSA) is 63.4 Å². The highest BCUT2D eigenvalue weighted by atomic mass is 16.2. The van der Waals surface area contributed by atoms with Crippen molar-refractivity contribution in [1.82, 2.24) is 4.90 Å². The maximum Gasteiger partial charge on any atom is 0.249 e. The number of hydrogen-bond donors (Lipinski definition) is 1. The van der Waals surface area contributed by atoms with Crippen LogP contribution in [0.5, 0.6) is 0 Å². The molecule has 0 radical (unpaired) electrons. The van der Waals surface area contributed by atoms with Gasteiger partial charge < -0.3 is 10.6 Å². The number of primary amides is 1. The van der Waals surface area contributed by atoms with Gasteiger partial charge in [-0.3, -0.25) is 9.59 Å². The fourth-order valence-electron chi connectivity index (χ4n) is 2.48. The van der Waals surface area contributed by atoms with E-state index in [1.807, 2.05) is 43.3 Å². The van der Waals surface area contributed by atoms with Gasteiger partial charge in [0.2, 0.25) is 11.8 Å². The summed E-state index contributed by atoms with van der Waals surface area (Å²) in [6.45, 7) is 3.04. The van der Waals surface area contributed by atoms with E-state index in [-0.39, 0.29) is 17.7 Å². The largest absolute Gasteiger partial charge is 0.369 e. The van der Waals surface area contributed by atoms with Crippen LogP contribution in [-0.2, 0) is 9.59 Å². The van der Waals surface area contributed by atoms with E-state index < -0.39 is 0 Å². The van der Waals surface area contributed by atoms with Crippen molar-refractivity contribution in [2.75, 3.05) is 13.1 Å². The van der Waals surface area contributed by atoms with Crippen LogP contribution >= 0.6 is 0 Å². The zero-order valence-corrected chi connectivity index (χ0v) is 11.7. The number of benzene rings is 1. The van der Waals surface area contributed by atoms with Crippen LogP contribution in [0.1, 0.15) is 25.3 Å². The van der Waals surface area contributed by atoms with Crippen molar-refractivity contribution in [1.29, 1.82) is 0 Å². The summed E-state index contributed by atoms with van der Waals surface area (Å²) in [4.78, 5) is 25.2. The van der Waals surface area contributed by atoms with Gasteiger partial charge in [0.25, 0.3) is 0 Å². The summed E-state index contributed by atoms with van der Waals surface area (Å²) in [5, 5.41) is 0. The molecule has 106 valence electrons. The molecule has 4 heteroatoms. The van der Waals surface area contributed by atoms with Crippen molar-refractivity contribution in [3.8, 4) is 0 Å². The summed E-state index contributed by atoms with van der Waals surface area (Å²) in [6, 6.07) is 9.78. The van der Waals surface area contributed by atoms with Crippen LogP contribution in [0, 0.1) is 5.92 Å². The number of nitrogens with zero attached hydrogens (tertiary/aromatic N) is 1. The molecule has 1 aliphatic heterocycles. The molecule has 1 heterocycles. The van der Waals surface area contributed by atoms with Gasteiger partial charge in [0.1, 0.15) is 0 Å². The third-order valence-corrected chi connectivity index (χ3v) is 3.70. The molecule has 0 atom stereocenters. The van der Waals surface area contributed by atoms with E-state index >= 15 is 0 Å². The molecule has 4 nitrogen and oxygen atoms in total. The predicted molar refractivity (Wildman–Crippen MR) is 78.6 cm³/mol. The Labute approximate surface area is 119 Å². The summed E-state index contributed by atoms with van der Waals surface area (Å²) in [7, 11) is 0. The SMILES string of the molecule is C/C(=C\c1ccccc1)C(=O)N1CCC(C(N)=O)CC1. The van der Waals surface area contributed by atoms with Gasteiger partial charge in [-0.15, -0.1) is 0 Å². The first-order valence-corrected chi connectivity index (χ1v) is 6.90. The number of rotatable bonds is 3. The normalized spacial score (nSPS) is 17.1. The Bertz CT molecular complexity index is 515. The number of piperidine rings is 1. The molecule has 0 aliphatic carbocycles. The number of amides is 2. The maximum atomic E-state index is 12.3. The van der Waals surface area contributed by atoms with Gasteiger partial charge in [-0.25, -0.2) is 0 Å². The van der Waals surface area contributed by atoms with Gasteiger partial charge in [-0.05, 0) is 31.4 Å². The quantitative estimate of drug-likeness (QED) is 0.853. The first kappa shape index (κ1) is 14.3. The molecule has 2 rings (SSSR count). The Kier molecular flexibility index (Phi) is 4.56. The van der Waals surface area contributed by atoms with Crippen LogP contribution in [0.4, 0.5) is 0 Å². The molecular weight excluding hydrogens is 252 g/mol. The van der Waals surface area contributed by atoms with Crippen LogP contribution in [0.3, 0.4) is 0 Å². The van der Waals surface area contributed by atoms with E-state index in [9.17, 15) is 9.59 Å². The fraction of sp³-hybridized carbons (Fsp3) is 0.375. The molecule has 20 heavy (non-hydrogen) atoms. The lowest BCUT2D eigenvalue weighted by Crippen LogP contribution is -2.42. The highest BCUT2D eigenvalue weighted by molar-refractivity contribution is 5.97. The molecule has 2 N–H and O–H groups in total. The molecular formula is C16H20N2O2. The first-order valence-electron chi connectivity index (χ1n) is 6.90. The predicted octanol–water partition coefficient (Wildman–Crippen LogP) is 1.81. The lowest BCUT2D eigenvalue weighted by atomic mass is 9.96. The average molecular weight is 272 g/mol. The Morgan fingerprint density at radius 2 is 1.80 bits per heavy atom. The van der Waals surface area contributed by atoms with Crippen LogP contribution in [0.25, 0.3) is 6.08 Å². The van der Waals surface area contributed by atoms with Crippen LogP contribution in [0.15, 0.2) is 35.9 Å². The summed E-state index contributed by atoms with van der Waals surface area (Å²) < 4.78 is 0. The lowest BCUT2D eigenvalue weighted by molar-refractivity contribution is -0.131. The van der Waals surface area contributed by atoms with Gasteiger partial charge in [0, 0.05) is 24.6 Å². The van der Waals surface area contributed by atoms with Gasteiger partial charge in [0.05, 0.1) is 0 Å². The van der Waals surface area contributed by atoms with Crippen molar-refractivity contribution in [3.05, 3.63) is 41.5 Å². The van der Waals surface area contributed by atoms with E-state index in [4.69, 9.17) is 5.73 Å². The van der Waals surface area contributed by atoms with Crippen molar-refractivity contribution >= 4 is 17.9 Å². The molecule has 0 aromatic heterocycles. The number of likely N-dealkylation sites (tertiary alicyclic amines) is 1. The van der Waals surface area contributed by atoms with Crippen molar-refractivity contribution in [3.63, 3.8) is 0 Å². The van der Waals surface area contributed by atoms with E-state index in [2.05, 4.69) is 0 Å². The van der Waals surface area contributed by atoms with Gasteiger partial charge >= 0.3 is 0 Å². The molecule has 0 unspecified atom stereocenters. The second-order valence-corrected chi connectivity index (χ2v) is 5.21. The third-order valence-electron chi connectivity index (χ3n) is 3.70. The van der Waals surface area contributed by atoms with Gasteiger partial charge in [0.15, 0.2) is 0 Å². The highest BCUT2D eigenvalue weighted by Gasteiger charge is 2.26. The number of nitrogens with two attached hydrogens (primary N) is 1. The zero-order chi connectivity index (χ0) is 14.5. The standard InChI is InChI=1S/C16H20N2O2/c1-12(11-13-5-3-2-4-6-13)16(20)18-9-7-14(8-10-18)15(17)19/h2-6,11,14H,7-10H2,1H3,(H2,17,19)/b12-11+. The molecule has 0 spiro atoms. The summed E-state index contributed by atoms with van der Waals surface area (Å²) >= 11 is 0. The van der Waals surface area contributed by atoms with Crippen molar-refractivity contribution in [2.24, 2.45) is 11.7 Å². The van der Waals surface area contributed by atoms with Gasteiger partial charge in [-0.2, -0.15) is 0 Å². The number of hydrogen-bond acceptors (Lipinski definition) is 2. The summed E-state index contributed by atoms with van der Waals surface area (Å²) in [5.41, 5.74) is 7.03. The van der Waals surface area contributed by atoms with E-state index in [0.29, 0.717) is 31.5 Å². The average Bonchev–Trinajstić information content (AvgIpc) is 2.47. The minimum atomic E-state index is -0.256. The van der Waals surface area contributed by atoms with Crippen LogP contribution in [0.2, 0.25) is 0 Å². The van der Waals surface area contributed by atoms with Crippen molar-refractivity contribution in [2.45, 2.75) is 19.8 Å². The lowest BCUT2D eigenvalue weighted by Gasteiger charge is -2.30. The molecule has 0 saturated carbocycles. The smallest absolute Gasteiger partial charge is 0.249 e. The van der Waals surface area contributed by atoms with E-state index in [0.717, 1.165) is 5.56 Å². The highest BCUT2D eigenvalue weighted by Crippen LogP contribution is 2.19. The Morgan fingerprint density at radius 3 is 2.35 bits per heavy atom. The maximum absolute atomic E-state index is 12.3. The van der Waals surface area contributed by atoms with Crippen molar-refractivity contribution < 1.29 is 9.59 Å². The number of carbonyl (C=O) groups excluding carboxylic acids is 2. The van der Waals surface area contributed by atoms with Crippen LogP contribution < -0.4 is 5.73 Å². The first-order chi connectivity index (χ1) is 9.58. The molecule has 1 aliphatic rings. The van der Waals surface area contributed by atoms with Gasteiger partial charge in [-0.1, -0.05) is 30.3 Å². The molecule has 0 bridgehead atoms. The number of carbonyl (C=O) groups is 2.